The van der Waals surface area contributed by atoms with Gasteiger partial charge in [0, 0.05) is 19.3 Å². The first-order valence-corrected chi connectivity index (χ1v) is 11.8. The number of piperidine rings is 2. The van der Waals surface area contributed by atoms with Crippen molar-refractivity contribution in [1.82, 2.24) is 15.5 Å². The summed E-state index contributed by atoms with van der Waals surface area (Å²) in [6.45, 7) is 4.58. The molecule has 2 heterocycles. The van der Waals surface area contributed by atoms with Crippen LogP contribution in [0.4, 0.5) is 0 Å². The van der Waals surface area contributed by atoms with E-state index in [0.717, 1.165) is 25.2 Å². The molecular formula is C20H33Cl2N3O3S. The van der Waals surface area contributed by atoms with Crippen molar-refractivity contribution < 1.29 is 13.2 Å². The van der Waals surface area contributed by atoms with E-state index in [1.807, 2.05) is 18.2 Å². The number of carbonyl (C=O) groups excluding carboxylic acids is 1. The quantitative estimate of drug-likeness (QED) is 0.673. The van der Waals surface area contributed by atoms with Crippen LogP contribution in [0.25, 0.3) is 0 Å². The van der Waals surface area contributed by atoms with Crippen molar-refractivity contribution in [1.29, 1.82) is 0 Å². The number of hydrogen-bond acceptors (Lipinski definition) is 5. The van der Waals surface area contributed by atoms with Crippen molar-refractivity contribution in [2.75, 3.05) is 32.4 Å². The van der Waals surface area contributed by atoms with E-state index >= 15 is 0 Å². The maximum absolute atomic E-state index is 12.9. The highest BCUT2D eigenvalue weighted by Gasteiger charge is 2.48. The molecule has 9 heteroatoms. The summed E-state index contributed by atoms with van der Waals surface area (Å²) in [7, 11) is -3.48. The molecule has 2 saturated heterocycles. The van der Waals surface area contributed by atoms with E-state index in [0.29, 0.717) is 32.5 Å². The third-order valence-corrected chi connectivity index (χ3v) is 7.95. The van der Waals surface area contributed by atoms with Gasteiger partial charge in [-0.05, 0) is 63.0 Å². The van der Waals surface area contributed by atoms with Gasteiger partial charge in [-0.25, -0.2) is 8.42 Å². The second-order valence-corrected chi connectivity index (χ2v) is 10.1. The van der Waals surface area contributed by atoms with Gasteiger partial charge in [0.05, 0.1) is 0 Å². The Morgan fingerprint density at radius 3 is 2.24 bits per heavy atom. The minimum atomic E-state index is -3.48. The second-order valence-electron chi connectivity index (χ2n) is 7.80. The summed E-state index contributed by atoms with van der Waals surface area (Å²) in [6.07, 6.45) is 5.62. The van der Waals surface area contributed by atoms with E-state index in [9.17, 15) is 13.2 Å². The van der Waals surface area contributed by atoms with Gasteiger partial charge < -0.3 is 10.6 Å². The fraction of sp³-hybridized carbons (Fsp3) is 0.650. The number of hydrogen-bond donors (Lipinski definition) is 2. The lowest BCUT2D eigenvalue weighted by Crippen LogP contribution is -2.57. The summed E-state index contributed by atoms with van der Waals surface area (Å²) in [5, 5.41) is 6.07. The summed E-state index contributed by atoms with van der Waals surface area (Å²) in [6, 6.07) is 8.12. The molecule has 3 rings (SSSR count). The minimum absolute atomic E-state index is 0. The van der Waals surface area contributed by atoms with E-state index in [1.165, 1.54) is 31.1 Å². The predicted octanol–water partition coefficient (Wildman–Crippen LogP) is 2.30. The van der Waals surface area contributed by atoms with Crippen molar-refractivity contribution in [3.63, 3.8) is 0 Å². The molecule has 2 fully saturated rings. The molecule has 0 radical (unpaired) electrons. The van der Waals surface area contributed by atoms with Crippen LogP contribution >= 0.6 is 24.8 Å². The van der Waals surface area contributed by atoms with Crippen molar-refractivity contribution >= 4 is 40.6 Å². The monoisotopic (exact) mass is 465 g/mol. The van der Waals surface area contributed by atoms with Gasteiger partial charge >= 0.3 is 0 Å². The van der Waals surface area contributed by atoms with E-state index in [1.54, 1.807) is 0 Å². The van der Waals surface area contributed by atoms with Gasteiger partial charge in [0.2, 0.25) is 5.91 Å². The van der Waals surface area contributed by atoms with Crippen LogP contribution in [-0.4, -0.2) is 56.4 Å². The number of rotatable bonds is 6. The van der Waals surface area contributed by atoms with Crippen molar-refractivity contribution in [2.24, 2.45) is 0 Å². The minimum Gasteiger partial charge on any atom is -0.351 e. The molecule has 0 spiro atoms. The molecular weight excluding hydrogens is 433 g/mol. The molecule has 2 aliphatic rings. The fourth-order valence-electron chi connectivity index (χ4n) is 4.18. The Kier molecular flexibility index (Phi) is 10.4. The number of halogens is 2. The average Bonchev–Trinajstić information content (AvgIpc) is 2.67. The Hall–Kier alpha value is -0.860. The number of amides is 1. The van der Waals surface area contributed by atoms with Gasteiger partial charge in [-0.1, -0.05) is 30.7 Å². The van der Waals surface area contributed by atoms with Crippen LogP contribution in [0.3, 0.4) is 0 Å². The third-order valence-electron chi connectivity index (χ3n) is 5.94. The van der Waals surface area contributed by atoms with Gasteiger partial charge in [-0.3, -0.25) is 9.69 Å². The zero-order valence-electron chi connectivity index (χ0n) is 17.0. The maximum Gasteiger partial charge on any atom is 0.241 e. The SMILES string of the molecule is CS(=O)(=O)C1(C(=O)NCc2ccccc2CN2CCCCC2)CCNCC1.Cl.Cl. The molecule has 6 nitrogen and oxygen atoms in total. The Labute approximate surface area is 186 Å². The van der Waals surface area contributed by atoms with E-state index in [-0.39, 0.29) is 30.7 Å². The lowest BCUT2D eigenvalue weighted by Gasteiger charge is -2.34. The summed E-state index contributed by atoms with van der Waals surface area (Å²) < 4.78 is 23.5. The smallest absolute Gasteiger partial charge is 0.241 e. The topological polar surface area (TPSA) is 78.5 Å². The lowest BCUT2D eigenvalue weighted by molar-refractivity contribution is -0.124. The van der Waals surface area contributed by atoms with Gasteiger partial charge in [0.25, 0.3) is 0 Å². The highest BCUT2D eigenvalue weighted by Crippen LogP contribution is 2.28. The largest absolute Gasteiger partial charge is 0.351 e. The van der Waals surface area contributed by atoms with Gasteiger partial charge in [0.15, 0.2) is 14.6 Å². The molecule has 2 N–H and O–H groups in total. The zero-order valence-corrected chi connectivity index (χ0v) is 19.4. The van der Waals surface area contributed by atoms with Crippen LogP contribution in [-0.2, 0) is 27.7 Å². The average molecular weight is 466 g/mol. The molecule has 1 amide bonds. The Morgan fingerprint density at radius 1 is 1.07 bits per heavy atom. The number of nitrogens with one attached hydrogen (secondary N) is 2. The first-order valence-electron chi connectivity index (χ1n) is 9.90. The first kappa shape index (κ1) is 26.2. The molecule has 0 saturated carbocycles. The summed E-state index contributed by atoms with van der Waals surface area (Å²) in [5.74, 6) is -0.362. The lowest BCUT2D eigenvalue weighted by atomic mass is 9.95. The summed E-state index contributed by atoms with van der Waals surface area (Å²) >= 11 is 0. The Balaban J connectivity index is 0.00000210. The molecule has 0 bridgehead atoms. The molecule has 0 aromatic heterocycles. The van der Waals surface area contributed by atoms with Crippen LogP contribution in [0, 0.1) is 0 Å². The van der Waals surface area contributed by atoms with Gasteiger partial charge in [0.1, 0.15) is 0 Å². The van der Waals surface area contributed by atoms with E-state index in [4.69, 9.17) is 0 Å². The van der Waals surface area contributed by atoms with Crippen LogP contribution in [0.1, 0.15) is 43.2 Å². The normalized spacial score (nSPS) is 19.5. The molecule has 166 valence electrons. The van der Waals surface area contributed by atoms with Crippen LogP contribution < -0.4 is 10.6 Å². The molecule has 2 aliphatic heterocycles. The van der Waals surface area contributed by atoms with Gasteiger partial charge in [-0.15, -0.1) is 24.8 Å². The van der Waals surface area contributed by atoms with E-state index < -0.39 is 14.6 Å². The molecule has 0 aliphatic carbocycles. The van der Waals surface area contributed by atoms with Crippen LogP contribution in [0.5, 0.6) is 0 Å². The van der Waals surface area contributed by atoms with Crippen molar-refractivity contribution in [3.8, 4) is 0 Å². The third kappa shape index (κ3) is 6.31. The van der Waals surface area contributed by atoms with Gasteiger partial charge in [-0.2, -0.15) is 0 Å². The van der Waals surface area contributed by atoms with Crippen LogP contribution in [0.15, 0.2) is 24.3 Å². The number of nitrogens with zero attached hydrogens (tertiary/aromatic N) is 1. The molecule has 0 atom stereocenters. The molecule has 0 unspecified atom stereocenters. The van der Waals surface area contributed by atoms with Crippen molar-refractivity contribution in [3.05, 3.63) is 35.4 Å². The summed E-state index contributed by atoms with van der Waals surface area (Å²) in [5.41, 5.74) is 2.27. The molecule has 1 aromatic carbocycles. The first-order chi connectivity index (χ1) is 12.9. The fourth-order valence-corrected chi connectivity index (χ4v) is 5.53. The van der Waals surface area contributed by atoms with Crippen LogP contribution in [0.2, 0.25) is 0 Å². The standard InChI is InChI=1S/C20H31N3O3S.2ClH/c1-27(25,26)20(9-11-21-12-10-20)19(24)22-15-17-7-3-4-8-18(17)16-23-13-5-2-6-14-23;;/h3-4,7-8,21H,2,5-6,9-16H2,1H3,(H,22,24);2*1H. The number of likely N-dealkylation sites (tertiary alicyclic amines) is 1. The highest BCUT2D eigenvalue weighted by atomic mass is 35.5. The van der Waals surface area contributed by atoms with Crippen molar-refractivity contribution in [2.45, 2.75) is 49.9 Å². The second kappa shape index (κ2) is 11.5. The Bertz CT molecular complexity index is 762. The number of sulfone groups is 1. The predicted molar refractivity (Wildman–Crippen MR) is 122 cm³/mol. The Morgan fingerprint density at radius 2 is 1.66 bits per heavy atom. The molecule has 1 aromatic rings. The highest BCUT2D eigenvalue weighted by molar-refractivity contribution is 7.92. The zero-order chi connectivity index (χ0) is 19.3. The maximum atomic E-state index is 12.9. The van der Waals surface area contributed by atoms with E-state index in [2.05, 4.69) is 21.6 Å². The summed E-state index contributed by atoms with van der Waals surface area (Å²) in [4.78, 5) is 15.4. The number of benzene rings is 1. The molecule has 29 heavy (non-hydrogen) atoms. The number of carbonyl (C=O) groups is 1.